The van der Waals surface area contributed by atoms with Gasteiger partial charge in [0.2, 0.25) is 5.75 Å². The number of carboxylic acids is 1. The highest BCUT2D eigenvalue weighted by Gasteiger charge is 2.30. The van der Waals surface area contributed by atoms with Gasteiger partial charge in [-0.05, 0) is 36.2 Å². The van der Waals surface area contributed by atoms with Gasteiger partial charge in [-0.25, -0.2) is 4.79 Å². The molecule has 6 nitrogen and oxygen atoms in total. The molecular weight excluding hydrogens is 360 g/mol. The van der Waals surface area contributed by atoms with E-state index in [1.54, 1.807) is 12.1 Å². The van der Waals surface area contributed by atoms with Crippen LogP contribution in [0.3, 0.4) is 0 Å². The zero-order valence-electron chi connectivity index (χ0n) is 15.2. The van der Waals surface area contributed by atoms with E-state index in [4.69, 9.17) is 19.3 Å². The Morgan fingerprint density at radius 2 is 1.67 bits per heavy atom. The summed E-state index contributed by atoms with van der Waals surface area (Å²) in [7, 11) is 4.35. The summed E-state index contributed by atoms with van der Waals surface area (Å²) < 4.78 is 44.4. The van der Waals surface area contributed by atoms with E-state index in [1.807, 2.05) is 5.32 Å². The van der Waals surface area contributed by atoms with Gasteiger partial charge < -0.3 is 24.6 Å². The second-order valence-corrected chi connectivity index (χ2v) is 5.71. The minimum Gasteiger partial charge on any atom is -0.493 e. The van der Waals surface area contributed by atoms with Gasteiger partial charge in [-0.15, -0.1) is 0 Å². The van der Waals surface area contributed by atoms with Gasteiger partial charge in [0.25, 0.3) is 0 Å². The van der Waals surface area contributed by atoms with Crippen molar-refractivity contribution in [2.75, 3.05) is 26.6 Å². The first-order valence-electron chi connectivity index (χ1n) is 8.08. The molecule has 8 heteroatoms. The summed E-state index contributed by atoms with van der Waals surface area (Å²) in [4.78, 5) is 11.2. The van der Waals surface area contributed by atoms with Crippen LogP contribution in [0.5, 0.6) is 17.2 Å². The largest absolute Gasteiger partial charge is 0.493 e. The van der Waals surface area contributed by atoms with E-state index in [0.717, 1.165) is 0 Å². The van der Waals surface area contributed by atoms with Crippen molar-refractivity contribution in [1.29, 1.82) is 0 Å². The van der Waals surface area contributed by atoms with Crippen molar-refractivity contribution >= 4 is 11.7 Å². The Kier molecular flexibility index (Phi) is 6.44. The van der Waals surface area contributed by atoms with Crippen LogP contribution in [-0.4, -0.2) is 38.5 Å². The summed E-state index contributed by atoms with van der Waals surface area (Å²) in [5.74, 6) is -0.152. The first-order chi connectivity index (χ1) is 12.8. The summed E-state index contributed by atoms with van der Waals surface area (Å²) in [6.07, 6.45) is -0.550. The summed E-state index contributed by atoms with van der Waals surface area (Å²) in [5.41, 5.74) is 0.211. The highest BCUT2D eigenvalue weighted by Crippen LogP contribution is 2.39. The number of carboxylic acid groups (broad SMARTS) is 1. The number of aryl methyl sites for hydroxylation is 1. The summed E-state index contributed by atoms with van der Waals surface area (Å²) in [5, 5.41) is 11.1. The van der Waals surface area contributed by atoms with Crippen LogP contribution in [0.4, 0.5) is 14.5 Å². The summed E-state index contributed by atoms with van der Waals surface area (Å²) in [6, 6.07) is 5.42. The molecule has 2 N–H and O–H groups in total. The van der Waals surface area contributed by atoms with Crippen LogP contribution in [0.1, 0.15) is 22.3 Å². The second-order valence-electron chi connectivity index (χ2n) is 5.71. The molecule has 0 bridgehead atoms. The molecule has 0 aromatic heterocycles. The Morgan fingerprint density at radius 1 is 1.07 bits per heavy atom. The van der Waals surface area contributed by atoms with E-state index in [1.165, 1.54) is 45.6 Å². The number of para-hydroxylation sites is 1. The third-order valence-electron chi connectivity index (χ3n) is 3.93. The minimum absolute atomic E-state index is 0.00591. The van der Waals surface area contributed by atoms with Crippen LogP contribution < -0.4 is 19.5 Å². The molecule has 0 saturated carbocycles. The number of carbonyl (C=O) groups is 1. The molecule has 146 valence electrons. The van der Waals surface area contributed by atoms with Crippen LogP contribution in [0.2, 0.25) is 0 Å². The number of methoxy groups -OCH3 is 3. The topological polar surface area (TPSA) is 77.0 Å². The van der Waals surface area contributed by atoms with Crippen molar-refractivity contribution in [3.63, 3.8) is 0 Å². The summed E-state index contributed by atoms with van der Waals surface area (Å²) in [6.45, 7) is 0. The van der Waals surface area contributed by atoms with Crippen LogP contribution in [0, 0.1) is 0 Å². The van der Waals surface area contributed by atoms with Crippen molar-refractivity contribution < 1.29 is 32.9 Å². The van der Waals surface area contributed by atoms with Crippen LogP contribution >= 0.6 is 0 Å². The molecular formula is C19H21F2NO5. The van der Waals surface area contributed by atoms with Gasteiger partial charge in [0.1, 0.15) is 0 Å². The number of hydrogen-bond donors (Lipinski definition) is 2. The van der Waals surface area contributed by atoms with E-state index in [9.17, 15) is 13.6 Å². The molecule has 27 heavy (non-hydrogen) atoms. The molecule has 2 rings (SSSR count). The lowest BCUT2D eigenvalue weighted by Crippen LogP contribution is -2.29. The number of ether oxygens (including phenoxy) is 3. The van der Waals surface area contributed by atoms with Crippen LogP contribution in [0.15, 0.2) is 36.4 Å². The Morgan fingerprint density at radius 3 is 2.19 bits per heavy atom. The molecule has 0 heterocycles. The Bertz CT molecular complexity index is 785. The monoisotopic (exact) mass is 381 g/mol. The number of nitrogens with one attached hydrogen (secondary N) is 1. The molecule has 0 saturated heterocycles. The Hall–Kier alpha value is -3.03. The van der Waals surface area contributed by atoms with E-state index in [2.05, 4.69) is 0 Å². The quantitative estimate of drug-likeness (QED) is 0.638. The van der Waals surface area contributed by atoms with Crippen molar-refractivity contribution in [3.05, 3.63) is 47.5 Å². The van der Waals surface area contributed by atoms with Gasteiger partial charge in [0.15, 0.2) is 11.5 Å². The van der Waals surface area contributed by atoms with Gasteiger partial charge >= 0.3 is 12.0 Å². The molecule has 0 radical (unpaired) electrons. The standard InChI is InChI=1S/C19H21F2NO5/c1-25-15-10-12(11-16(26-2)17(15)27-3)8-9-19(20,21)22-14-7-5-4-6-13(14)18(23)24/h4-7,10-11,22H,8-9H2,1-3H3,(H,23,24). The van der Waals surface area contributed by atoms with Crippen molar-refractivity contribution in [3.8, 4) is 17.2 Å². The van der Waals surface area contributed by atoms with Gasteiger partial charge in [-0.3, -0.25) is 0 Å². The lowest BCUT2D eigenvalue weighted by atomic mass is 10.1. The molecule has 2 aromatic carbocycles. The fraction of sp³-hybridized carbons (Fsp3) is 0.316. The fourth-order valence-corrected chi connectivity index (χ4v) is 2.62. The van der Waals surface area contributed by atoms with Gasteiger partial charge in [0.05, 0.1) is 32.6 Å². The lowest BCUT2D eigenvalue weighted by molar-refractivity contribution is 0.0235. The molecule has 2 aromatic rings. The predicted octanol–water partition coefficient (Wildman–Crippen LogP) is 4.05. The number of rotatable bonds is 9. The zero-order valence-corrected chi connectivity index (χ0v) is 15.2. The smallest absolute Gasteiger partial charge is 0.337 e. The average molecular weight is 381 g/mol. The first kappa shape index (κ1) is 20.3. The van der Waals surface area contributed by atoms with E-state index in [0.29, 0.717) is 22.8 Å². The van der Waals surface area contributed by atoms with E-state index < -0.39 is 18.4 Å². The third kappa shape index (κ3) is 4.99. The molecule has 0 amide bonds. The van der Waals surface area contributed by atoms with Crippen molar-refractivity contribution in [1.82, 2.24) is 0 Å². The molecule has 0 fully saturated rings. The minimum atomic E-state index is -3.31. The Balaban J connectivity index is 2.17. The molecule has 0 aliphatic rings. The predicted molar refractivity (Wildman–Crippen MR) is 96.4 cm³/mol. The van der Waals surface area contributed by atoms with Gasteiger partial charge in [-0.2, -0.15) is 8.78 Å². The van der Waals surface area contributed by atoms with Gasteiger partial charge in [0, 0.05) is 6.42 Å². The van der Waals surface area contributed by atoms with E-state index in [-0.39, 0.29) is 17.7 Å². The number of hydrogen-bond acceptors (Lipinski definition) is 5. The normalized spacial score (nSPS) is 11.0. The number of anilines is 1. The number of benzene rings is 2. The maximum atomic E-state index is 14.4. The molecule has 0 aliphatic carbocycles. The second kappa shape index (κ2) is 8.57. The zero-order chi connectivity index (χ0) is 20.0. The molecule has 0 unspecified atom stereocenters. The van der Waals surface area contributed by atoms with Crippen molar-refractivity contribution in [2.24, 2.45) is 0 Å². The van der Waals surface area contributed by atoms with Crippen LogP contribution in [-0.2, 0) is 6.42 Å². The maximum absolute atomic E-state index is 14.4. The molecule has 0 spiro atoms. The number of aromatic carboxylic acids is 1. The number of alkyl halides is 2. The first-order valence-corrected chi connectivity index (χ1v) is 8.08. The number of halogens is 2. The van der Waals surface area contributed by atoms with Crippen molar-refractivity contribution in [2.45, 2.75) is 18.9 Å². The lowest BCUT2D eigenvalue weighted by Gasteiger charge is -2.21. The molecule has 0 atom stereocenters. The third-order valence-corrected chi connectivity index (χ3v) is 3.93. The van der Waals surface area contributed by atoms with E-state index >= 15 is 0 Å². The highest BCUT2D eigenvalue weighted by atomic mass is 19.3. The average Bonchev–Trinajstić information content (AvgIpc) is 2.65. The SMILES string of the molecule is COc1cc(CCC(F)(F)Nc2ccccc2C(=O)O)cc(OC)c1OC. The maximum Gasteiger partial charge on any atom is 0.337 e. The fourth-order valence-electron chi connectivity index (χ4n) is 2.62. The summed E-state index contributed by atoms with van der Waals surface area (Å²) >= 11 is 0. The molecule has 0 aliphatic heterocycles. The van der Waals surface area contributed by atoms with Crippen LogP contribution in [0.25, 0.3) is 0 Å². The highest BCUT2D eigenvalue weighted by molar-refractivity contribution is 5.94. The Labute approximate surface area is 155 Å². The van der Waals surface area contributed by atoms with Gasteiger partial charge in [-0.1, -0.05) is 12.1 Å².